The van der Waals surface area contributed by atoms with Crippen LogP contribution in [0.25, 0.3) is 0 Å². The molecule has 1 heterocycles. The number of rotatable bonds is 7. The fourth-order valence-corrected chi connectivity index (χ4v) is 1.94. The molecule has 0 unspecified atom stereocenters. The third kappa shape index (κ3) is 5.21. The van der Waals surface area contributed by atoms with Crippen LogP contribution >= 0.6 is 0 Å². The minimum atomic E-state index is -0.631. The summed E-state index contributed by atoms with van der Waals surface area (Å²) in [5.41, 5.74) is 5.69. The van der Waals surface area contributed by atoms with Gasteiger partial charge in [-0.2, -0.15) is 0 Å². The first-order valence-electron chi connectivity index (χ1n) is 7.86. The fourth-order valence-electron chi connectivity index (χ4n) is 1.94. The van der Waals surface area contributed by atoms with Crippen LogP contribution in [0.4, 0.5) is 15.9 Å². The Morgan fingerprint density at radius 1 is 1.38 bits per heavy atom. The summed E-state index contributed by atoms with van der Waals surface area (Å²) < 4.78 is 19.1. The van der Waals surface area contributed by atoms with Crippen LogP contribution in [0.2, 0.25) is 0 Å². The van der Waals surface area contributed by atoms with Crippen molar-refractivity contribution in [3.63, 3.8) is 0 Å². The van der Waals surface area contributed by atoms with Gasteiger partial charge in [0.05, 0.1) is 5.71 Å². The van der Waals surface area contributed by atoms with Crippen molar-refractivity contribution >= 4 is 23.1 Å². The predicted molar refractivity (Wildman–Crippen MR) is 97.0 cm³/mol. The lowest BCUT2D eigenvalue weighted by atomic mass is 10.1. The summed E-state index contributed by atoms with van der Waals surface area (Å²) in [5, 5.41) is 10.4. The van der Waals surface area contributed by atoms with Crippen LogP contribution in [-0.2, 0) is 4.79 Å². The number of aromatic nitrogens is 2. The van der Waals surface area contributed by atoms with E-state index in [1.165, 1.54) is 24.5 Å². The highest BCUT2D eigenvalue weighted by atomic mass is 19.1. The van der Waals surface area contributed by atoms with E-state index in [-0.39, 0.29) is 34.9 Å². The molecule has 0 bridgehead atoms. The van der Waals surface area contributed by atoms with E-state index in [0.29, 0.717) is 6.42 Å². The molecule has 2 rings (SSSR count). The van der Waals surface area contributed by atoms with Crippen LogP contribution in [0.3, 0.4) is 0 Å². The van der Waals surface area contributed by atoms with E-state index < -0.39 is 11.7 Å². The molecular weight excluding hydrogens is 339 g/mol. The Morgan fingerprint density at radius 2 is 2.12 bits per heavy atom. The topological polar surface area (TPSA) is 117 Å². The maximum absolute atomic E-state index is 13.8. The lowest BCUT2D eigenvalue weighted by Gasteiger charge is -2.19. The van der Waals surface area contributed by atoms with Crippen LogP contribution in [-0.4, -0.2) is 46.6 Å². The number of carbonyl (C=O) groups excluding carboxylic acids is 1. The number of nitrogens with two attached hydrogens (primary N) is 1. The summed E-state index contributed by atoms with van der Waals surface area (Å²) >= 11 is 0. The Labute approximate surface area is 150 Å². The molecule has 1 amide bonds. The number of carbonyl (C=O) groups is 1. The third-order valence-electron chi connectivity index (χ3n) is 3.71. The largest absolute Gasteiger partial charge is 0.436 e. The third-order valence-corrected chi connectivity index (χ3v) is 3.71. The zero-order chi connectivity index (χ0) is 19.3. The van der Waals surface area contributed by atoms with E-state index in [1.54, 1.807) is 0 Å². The summed E-state index contributed by atoms with van der Waals surface area (Å²) in [4.78, 5) is 21.8. The van der Waals surface area contributed by atoms with Crippen molar-refractivity contribution in [3.05, 3.63) is 36.4 Å². The van der Waals surface area contributed by atoms with Crippen LogP contribution in [0.1, 0.15) is 13.3 Å². The van der Waals surface area contributed by atoms with E-state index in [1.807, 2.05) is 25.9 Å². The Balaban J connectivity index is 2.04. The minimum absolute atomic E-state index is 0.0473. The van der Waals surface area contributed by atoms with Crippen molar-refractivity contribution < 1.29 is 13.9 Å². The molecule has 0 saturated carbocycles. The van der Waals surface area contributed by atoms with Gasteiger partial charge in [0.25, 0.3) is 5.91 Å². The summed E-state index contributed by atoms with van der Waals surface area (Å²) in [6.45, 7) is 1.92. The first kappa shape index (κ1) is 19.3. The Bertz CT molecular complexity index is 812. The van der Waals surface area contributed by atoms with Gasteiger partial charge in [-0.1, -0.05) is 0 Å². The molecule has 138 valence electrons. The van der Waals surface area contributed by atoms with E-state index in [4.69, 9.17) is 15.9 Å². The first-order chi connectivity index (χ1) is 12.3. The van der Waals surface area contributed by atoms with Gasteiger partial charge in [-0.05, 0) is 33.2 Å². The number of halogens is 1. The molecule has 9 heteroatoms. The van der Waals surface area contributed by atoms with Crippen molar-refractivity contribution in [3.8, 4) is 11.6 Å². The van der Waals surface area contributed by atoms with Crippen molar-refractivity contribution in [2.75, 3.05) is 25.1 Å². The highest BCUT2D eigenvalue weighted by Gasteiger charge is 2.16. The number of nitrogens with zero attached hydrogens (tertiary/aromatic N) is 3. The summed E-state index contributed by atoms with van der Waals surface area (Å²) in [6, 6.07) is 5.40. The van der Waals surface area contributed by atoms with Gasteiger partial charge in [0, 0.05) is 30.3 Å². The molecule has 1 aromatic carbocycles. The quantitative estimate of drug-likeness (QED) is 0.515. The molecule has 0 aliphatic rings. The number of anilines is 2. The van der Waals surface area contributed by atoms with E-state index >= 15 is 0 Å². The number of nitrogens with one attached hydrogen (secondary N) is 2. The van der Waals surface area contributed by atoms with Crippen LogP contribution in [0.5, 0.6) is 11.6 Å². The summed E-state index contributed by atoms with van der Waals surface area (Å²) in [7, 11) is 3.75. The molecule has 0 saturated heterocycles. The smallest absolute Gasteiger partial charge is 0.270 e. The van der Waals surface area contributed by atoms with Gasteiger partial charge in [0.2, 0.25) is 5.88 Å². The zero-order valence-corrected chi connectivity index (χ0v) is 14.8. The number of ether oxygens (including phenoxy) is 1. The summed E-state index contributed by atoms with van der Waals surface area (Å²) in [6.07, 6.45) is 1.47. The van der Waals surface area contributed by atoms with Crippen LogP contribution in [0, 0.1) is 11.2 Å². The Kier molecular flexibility index (Phi) is 6.18. The normalized spacial score (nSPS) is 11.9. The average molecular weight is 360 g/mol. The number of benzene rings is 1. The molecule has 26 heavy (non-hydrogen) atoms. The van der Waals surface area contributed by atoms with E-state index in [2.05, 4.69) is 15.3 Å². The standard InChI is InChI=1S/C17H21FN6O2/c1-10(24(2)3)6-13(20)17(25)23-15-8-16(22-9-21-15)26-14-5-4-11(19)7-12(14)18/h4-5,7-10,20H,6,19H2,1-3H3,(H,21,22,23,25)/t10-/m0/s1. The number of amides is 1. The van der Waals surface area contributed by atoms with Gasteiger partial charge in [-0.25, -0.2) is 14.4 Å². The maximum atomic E-state index is 13.8. The van der Waals surface area contributed by atoms with Gasteiger partial charge in [-0.15, -0.1) is 0 Å². The molecule has 0 fully saturated rings. The maximum Gasteiger partial charge on any atom is 0.270 e. The molecule has 2 aromatic rings. The van der Waals surface area contributed by atoms with Crippen molar-refractivity contribution in [1.29, 1.82) is 5.41 Å². The fraction of sp³-hybridized carbons (Fsp3) is 0.294. The molecule has 0 aliphatic heterocycles. The lowest BCUT2D eigenvalue weighted by molar-refractivity contribution is -0.110. The van der Waals surface area contributed by atoms with Crippen molar-refractivity contribution in [1.82, 2.24) is 14.9 Å². The van der Waals surface area contributed by atoms with Gasteiger partial charge in [0.1, 0.15) is 12.1 Å². The van der Waals surface area contributed by atoms with Gasteiger partial charge in [-0.3, -0.25) is 10.2 Å². The number of nitrogen functional groups attached to an aromatic ring is 1. The molecule has 0 radical (unpaired) electrons. The predicted octanol–water partition coefficient (Wildman–Crippen LogP) is 2.29. The second kappa shape index (κ2) is 8.34. The first-order valence-corrected chi connectivity index (χ1v) is 7.86. The molecule has 1 aromatic heterocycles. The minimum Gasteiger partial charge on any atom is -0.436 e. The molecule has 4 N–H and O–H groups in total. The van der Waals surface area contributed by atoms with Gasteiger partial charge < -0.3 is 20.7 Å². The van der Waals surface area contributed by atoms with Gasteiger partial charge in [0.15, 0.2) is 11.6 Å². The lowest BCUT2D eigenvalue weighted by Crippen LogP contribution is -2.32. The molecular formula is C17H21FN6O2. The van der Waals surface area contributed by atoms with Crippen LogP contribution < -0.4 is 15.8 Å². The highest BCUT2D eigenvalue weighted by molar-refractivity contribution is 6.41. The second-order valence-corrected chi connectivity index (χ2v) is 5.98. The molecule has 8 nitrogen and oxygen atoms in total. The van der Waals surface area contributed by atoms with E-state index in [9.17, 15) is 9.18 Å². The number of hydrogen-bond donors (Lipinski definition) is 3. The number of hydrogen-bond acceptors (Lipinski definition) is 7. The zero-order valence-electron chi connectivity index (χ0n) is 14.8. The van der Waals surface area contributed by atoms with E-state index in [0.717, 1.165) is 6.07 Å². The van der Waals surface area contributed by atoms with Crippen molar-refractivity contribution in [2.45, 2.75) is 19.4 Å². The Hall–Kier alpha value is -3.07. The van der Waals surface area contributed by atoms with Crippen molar-refractivity contribution in [2.24, 2.45) is 0 Å². The SMILES string of the molecule is C[C@@H](CC(=N)C(=O)Nc1cc(Oc2ccc(N)cc2F)ncn1)N(C)C. The monoisotopic (exact) mass is 360 g/mol. The average Bonchev–Trinajstić information content (AvgIpc) is 2.57. The van der Waals surface area contributed by atoms with Crippen LogP contribution in [0.15, 0.2) is 30.6 Å². The second-order valence-electron chi connectivity index (χ2n) is 5.98. The molecule has 0 spiro atoms. The summed E-state index contributed by atoms with van der Waals surface area (Å²) in [5.74, 6) is -1.05. The molecule has 1 atom stereocenters. The van der Waals surface area contributed by atoms with Gasteiger partial charge >= 0.3 is 0 Å². The highest BCUT2D eigenvalue weighted by Crippen LogP contribution is 2.25. The molecule has 0 aliphatic carbocycles. The Morgan fingerprint density at radius 3 is 2.77 bits per heavy atom.